The quantitative estimate of drug-likeness (QED) is 0.107. The molecule has 0 aromatic heterocycles. The zero-order valence-electron chi connectivity index (χ0n) is 30.1. The Hall–Kier alpha value is -5.64. The van der Waals surface area contributed by atoms with Gasteiger partial charge in [-0.05, 0) is 85.3 Å². The second-order valence-electron chi connectivity index (χ2n) is 12.7. The van der Waals surface area contributed by atoms with E-state index >= 15 is 0 Å². The van der Waals surface area contributed by atoms with E-state index in [2.05, 4.69) is 0 Å². The van der Waals surface area contributed by atoms with Crippen molar-refractivity contribution < 1.29 is 38.1 Å². The van der Waals surface area contributed by atoms with E-state index in [1.165, 1.54) is 0 Å². The Labute approximate surface area is 304 Å². The molecule has 0 atom stereocenters. The molecule has 52 heavy (non-hydrogen) atoms. The van der Waals surface area contributed by atoms with E-state index in [9.17, 15) is 19.2 Å². The maximum atomic E-state index is 14.4. The van der Waals surface area contributed by atoms with E-state index in [4.69, 9.17) is 18.9 Å². The highest BCUT2D eigenvalue weighted by atomic mass is 16.6. The Morgan fingerprint density at radius 1 is 0.462 bits per heavy atom. The van der Waals surface area contributed by atoms with Crippen molar-refractivity contribution in [2.24, 2.45) is 0 Å². The van der Waals surface area contributed by atoms with Crippen LogP contribution in [0.5, 0.6) is 0 Å². The molecule has 0 aliphatic carbocycles. The molecule has 2 aliphatic rings. The summed E-state index contributed by atoms with van der Waals surface area (Å²) in [5.74, 6) is -2.85. The van der Waals surface area contributed by atoms with E-state index in [-0.39, 0.29) is 52.4 Å². The molecule has 0 fully saturated rings. The molecule has 270 valence electrons. The number of carbonyl (C=O) groups excluding carboxylic acids is 4. The van der Waals surface area contributed by atoms with Crippen molar-refractivity contribution in [1.82, 2.24) is 0 Å². The summed E-state index contributed by atoms with van der Waals surface area (Å²) in [6.45, 7) is 7.30. The number of benzene rings is 4. The molecule has 4 aromatic rings. The van der Waals surface area contributed by atoms with Crippen molar-refractivity contribution in [3.05, 3.63) is 119 Å². The largest absolute Gasteiger partial charge is 0.464 e. The van der Waals surface area contributed by atoms with Crippen molar-refractivity contribution in [3.8, 4) is 11.1 Å². The van der Waals surface area contributed by atoms with Crippen molar-refractivity contribution in [1.29, 1.82) is 0 Å². The zero-order chi connectivity index (χ0) is 36.9. The summed E-state index contributed by atoms with van der Waals surface area (Å²) in [7, 11) is 0. The van der Waals surface area contributed by atoms with Crippen molar-refractivity contribution in [2.75, 3.05) is 36.2 Å². The number of hydrogen-bond acceptors (Lipinski definition) is 10. The predicted molar refractivity (Wildman–Crippen MR) is 197 cm³/mol. The highest BCUT2D eigenvalue weighted by molar-refractivity contribution is 6.11. The van der Waals surface area contributed by atoms with Crippen LogP contribution in [0.2, 0.25) is 0 Å². The van der Waals surface area contributed by atoms with E-state index in [1.807, 2.05) is 97.1 Å². The van der Waals surface area contributed by atoms with Crippen LogP contribution in [-0.2, 0) is 64.1 Å². The first kappa shape index (κ1) is 36.2. The van der Waals surface area contributed by atoms with Crippen LogP contribution in [0, 0.1) is 0 Å². The van der Waals surface area contributed by atoms with Gasteiger partial charge in [0.05, 0.1) is 26.4 Å². The van der Waals surface area contributed by atoms with Gasteiger partial charge >= 0.3 is 23.9 Å². The minimum atomic E-state index is -1.89. The third-order valence-electron chi connectivity index (χ3n) is 9.78. The van der Waals surface area contributed by atoms with Gasteiger partial charge in [0.1, 0.15) is 0 Å². The molecule has 2 aliphatic heterocycles. The number of anilines is 2. The van der Waals surface area contributed by atoms with Crippen LogP contribution in [0.4, 0.5) is 11.4 Å². The fraction of sp³-hybridized carbons (Fsp3) is 0.333. The van der Waals surface area contributed by atoms with Crippen molar-refractivity contribution in [2.45, 2.75) is 64.7 Å². The second-order valence-corrected chi connectivity index (χ2v) is 12.7. The van der Waals surface area contributed by atoms with E-state index in [1.54, 1.807) is 37.5 Å². The van der Waals surface area contributed by atoms with Gasteiger partial charge < -0.3 is 28.7 Å². The summed E-state index contributed by atoms with van der Waals surface area (Å²) in [6, 6.07) is 30.0. The van der Waals surface area contributed by atoms with Gasteiger partial charge in [-0.15, -0.1) is 0 Å². The standard InChI is InChI=1S/C42H44N2O8/c1-5-49-37(45)41(38(46)50-6-2)25-29-17-15-20-32-28-44(34-23-13-10-14-24-34)42(39(47)51-7-3,40(48)52-8-4)26-30-18-16-19-31(36(30)35(29)32)27-43(41)33-21-11-9-12-22-33/h9-24H,5-8,25-28H2,1-4H3. The molecule has 0 radical (unpaired) electrons. The molecule has 10 nitrogen and oxygen atoms in total. The fourth-order valence-electron chi connectivity index (χ4n) is 7.60. The molecule has 0 spiro atoms. The highest BCUT2D eigenvalue weighted by Gasteiger charge is 2.58. The molecular weight excluding hydrogens is 660 g/mol. The summed E-state index contributed by atoms with van der Waals surface area (Å²) < 4.78 is 22.9. The summed E-state index contributed by atoms with van der Waals surface area (Å²) in [5.41, 5.74) is 2.08. The minimum Gasteiger partial charge on any atom is -0.464 e. The number of rotatable bonds is 10. The van der Waals surface area contributed by atoms with Crippen LogP contribution >= 0.6 is 0 Å². The van der Waals surface area contributed by atoms with Crippen LogP contribution in [0.15, 0.2) is 97.1 Å². The number of hydrogen-bond donors (Lipinski definition) is 0. The first-order valence-electron chi connectivity index (χ1n) is 17.8. The van der Waals surface area contributed by atoms with Gasteiger partial charge in [0, 0.05) is 37.3 Å². The minimum absolute atomic E-state index is 0.0616. The molecular formula is C42H44N2O8. The lowest BCUT2D eigenvalue weighted by Gasteiger charge is -2.46. The predicted octanol–water partition coefficient (Wildman–Crippen LogP) is 6.21. The first-order chi connectivity index (χ1) is 25.3. The van der Waals surface area contributed by atoms with Crippen LogP contribution in [0.25, 0.3) is 11.1 Å². The van der Waals surface area contributed by atoms with Crippen LogP contribution < -0.4 is 9.80 Å². The Morgan fingerprint density at radius 3 is 1.08 bits per heavy atom. The lowest BCUT2D eigenvalue weighted by molar-refractivity contribution is -0.166. The highest BCUT2D eigenvalue weighted by Crippen LogP contribution is 2.46. The number of carbonyl (C=O) groups is 4. The van der Waals surface area contributed by atoms with Gasteiger partial charge in [-0.3, -0.25) is 0 Å². The van der Waals surface area contributed by atoms with Gasteiger partial charge in [-0.2, -0.15) is 0 Å². The average molecular weight is 705 g/mol. The van der Waals surface area contributed by atoms with E-state index < -0.39 is 35.0 Å². The van der Waals surface area contributed by atoms with Gasteiger partial charge in [-0.1, -0.05) is 72.8 Å². The molecule has 0 unspecified atom stereocenters. The average Bonchev–Trinajstić information content (AvgIpc) is 3.14. The number of ether oxygens (including phenoxy) is 4. The van der Waals surface area contributed by atoms with Gasteiger partial charge in [0.25, 0.3) is 0 Å². The van der Waals surface area contributed by atoms with Gasteiger partial charge in [0.2, 0.25) is 11.1 Å². The Balaban J connectivity index is 1.70. The maximum absolute atomic E-state index is 14.4. The topological polar surface area (TPSA) is 112 Å². The van der Waals surface area contributed by atoms with Gasteiger partial charge in [-0.25, -0.2) is 19.2 Å². The number of para-hydroxylation sites is 2. The maximum Gasteiger partial charge on any atom is 0.344 e. The molecule has 0 saturated carbocycles. The van der Waals surface area contributed by atoms with Crippen LogP contribution in [-0.4, -0.2) is 61.4 Å². The molecule has 0 amide bonds. The van der Waals surface area contributed by atoms with E-state index in [0.717, 1.165) is 22.3 Å². The SMILES string of the molecule is CCOC(=O)C1(C(=O)OCC)Cc2cccc3c2-c2c(cccc2CC(C(=O)OCC)(C(=O)OCC)N(c2ccccc2)C3)CN1c1ccccc1. The van der Waals surface area contributed by atoms with Crippen molar-refractivity contribution in [3.63, 3.8) is 0 Å². The molecule has 0 N–H and O–H groups in total. The number of nitrogens with zero attached hydrogens (tertiary/aromatic N) is 2. The summed E-state index contributed by atoms with van der Waals surface area (Å²) in [4.78, 5) is 61.2. The summed E-state index contributed by atoms with van der Waals surface area (Å²) in [6.07, 6.45) is -0.133. The number of esters is 4. The smallest absolute Gasteiger partial charge is 0.344 e. The Kier molecular flexibility index (Phi) is 10.6. The first-order valence-corrected chi connectivity index (χ1v) is 17.8. The third kappa shape index (κ3) is 6.16. The van der Waals surface area contributed by atoms with Crippen LogP contribution in [0.1, 0.15) is 49.9 Å². The molecule has 10 heteroatoms. The molecule has 4 aromatic carbocycles. The zero-order valence-corrected chi connectivity index (χ0v) is 30.1. The fourth-order valence-corrected chi connectivity index (χ4v) is 7.60. The Bertz CT molecular complexity index is 1770. The molecule has 2 heterocycles. The molecule has 0 bridgehead atoms. The summed E-state index contributed by atoms with van der Waals surface area (Å²) >= 11 is 0. The lowest BCUT2D eigenvalue weighted by atomic mass is 9.75. The third-order valence-corrected chi connectivity index (χ3v) is 9.78. The summed E-state index contributed by atoms with van der Waals surface area (Å²) in [5, 5.41) is 0. The van der Waals surface area contributed by atoms with Gasteiger partial charge in [0.15, 0.2) is 0 Å². The lowest BCUT2D eigenvalue weighted by Crippen LogP contribution is -2.64. The molecule has 6 rings (SSSR count). The normalized spacial score (nSPS) is 15.5. The van der Waals surface area contributed by atoms with E-state index in [0.29, 0.717) is 22.5 Å². The Morgan fingerprint density at radius 2 is 0.769 bits per heavy atom. The molecule has 0 saturated heterocycles. The van der Waals surface area contributed by atoms with Crippen molar-refractivity contribution >= 4 is 35.3 Å². The second kappa shape index (κ2) is 15.3. The van der Waals surface area contributed by atoms with Crippen LogP contribution in [0.3, 0.4) is 0 Å². The monoisotopic (exact) mass is 704 g/mol.